The molecule has 0 atom stereocenters. The van der Waals surface area contributed by atoms with Crippen LogP contribution in [0.4, 0.5) is 0 Å². The number of aromatic nitrogens is 2. The quantitative estimate of drug-likeness (QED) is 0.638. The lowest BCUT2D eigenvalue weighted by Crippen LogP contribution is -2.29. The monoisotopic (exact) mass is 333 g/mol. The number of hydrogen-bond acceptors (Lipinski definition) is 3. The van der Waals surface area contributed by atoms with Crippen molar-refractivity contribution in [3.8, 4) is 0 Å². The number of ether oxygens (including phenoxy) is 1. The van der Waals surface area contributed by atoms with E-state index in [1.165, 1.54) is 17.2 Å². The van der Waals surface area contributed by atoms with Crippen LogP contribution in [-0.4, -0.2) is 24.5 Å². The molecule has 1 heterocycles. The van der Waals surface area contributed by atoms with Crippen LogP contribution in [0.2, 0.25) is 25.7 Å². The van der Waals surface area contributed by atoms with Crippen LogP contribution in [-0.2, 0) is 17.0 Å². The first-order valence-electron chi connectivity index (χ1n) is 8.34. The van der Waals surface area contributed by atoms with Crippen LogP contribution < -0.4 is 5.73 Å². The van der Waals surface area contributed by atoms with Crippen molar-refractivity contribution in [3.05, 3.63) is 29.0 Å². The SMILES string of the molecule is Cc1cc(C)c2c(c1)c(C(C)(C)N)nn2COCC[Si](C)(C)C. The standard InChI is InChI=1S/C18H31N3OSi/c1-13-10-14(2)16-15(11-13)17(18(3,4)19)20-21(16)12-22-8-9-23(5,6)7/h10-11H,8-9,12,19H2,1-7H3. The second-order valence-electron chi connectivity index (χ2n) is 8.40. The Hall–Kier alpha value is -1.17. The Labute approximate surface area is 141 Å². The zero-order valence-electron chi connectivity index (χ0n) is 15.7. The largest absolute Gasteiger partial charge is 0.360 e. The molecule has 0 aliphatic carbocycles. The summed E-state index contributed by atoms with van der Waals surface area (Å²) in [5, 5.41) is 5.92. The molecule has 1 aromatic carbocycles. The molecule has 0 unspecified atom stereocenters. The van der Waals surface area contributed by atoms with Crippen LogP contribution in [0.5, 0.6) is 0 Å². The smallest absolute Gasteiger partial charge is 0.140 e. The van der Waals surface area contributed by atoms with Crippen LogP contribution >= 0.6 is 0 Å². The number of rotatable bonds is 6. The number of nitrogens with zero attached hydrogens (tertiary/aromatic N) is 2. The van der Waals surface area contributed by atoms with Crippen molar-refractivity contribution in [1.29, 1.82) is 0 Å². The molecule has 2 N–H and O–H groups in total. The lowest BCUT2D eigenvalue weighted by atomic mass is 9.97. The summed E-state index contributed by atoms with van der Waals surface area (Å²) in [7, 11) is -1.07. The van der Waals surface area contributed by atoms with E-state index in [4.69, 9.17) is 15.6 Å². The van der Waals surface area contributed by atoms with Gasteiger partial charge in [0.1, 0.15) is 6.73 Å². The van der Waals surface area contributed by atoms with Crippen molar-refractivity contribution in [2.45, 2.75) is 65.6 Å². The minimum atomic E-state index is -1.07. The zero-order chi connectivity index (χ0) is 17.4. The van der Waals surface area contributed by atoms with E-state index >= 15 is 0 Å². The molecule has 2 aromatic rings. The van der Waals surface area contributed by atoms with E-state index < -0.39 is 13.6 Å². The molecule has 0 aliphatic rings. The minimum absolute atomic E-state index is 0.470. The van der Waals surface area contributed by atoms with Crippen molar-refractivity contribution < 1.29 is 4.74 Å². The van der Waals surface area contributed by atoms with Crippen LogP contribution in [0.3, 0.4) is 0 Å². The Balaban J connectivity index is 2.33. The predicted molar refractivity (Wildman–Crippen MR) is 101 cm³/mol. The number of aryl methyl sites for hydroxylation is 2. The van der Waals surface area contributed by atoms with Gasteiger partial charge in [-0.3, -0.25) is 0 Å². The molecule has 0 bridgehead atoms. The summed E-state index contributed by atoms with van der Waals surface area (Å²) in [6.45, 7) is 16.6. The van der Waals surface area contributed by atoms with E-state index in [-0.39, 0.29) is 0 Å². The van der Waals surface area contributed by atoms with Crippen molar-refractivity contribution in [3.63, 3.8) is 0 Å². The summed E-state index contributed by atoms with van der Waals surface area (Å²) in [6.07, 6.45) is 0. The van der Waals surface area contributed by atoms with Gasteiger partial charge in [-0.15, -0.1) is 0 Å². The molecule has 0 saturated heterocycles. The maximum absolute atomic E-state index is 6.34. The van der Waals surface area contributed by atoms with Gasteiger partial charge >= 0.3 is 0 Å². The molecule has 128 valence electrons. The van der Waals surface area contributed by atoms with Crippen molar-refractivity contribution in [1.82, 2.24) is 9.78 Å². The number of fused-ring (bicyclic) bond motifs is 1. The summed E-state index contributed by atoms with van der Waals surface area (Å²) in [5.74, 6) is 0. The molecule has 1 aromatic heterocycles. The molecular formula is C18H31N3OSi. The van der Waals surface area contributed by atoms with Gasteiger partial charge in [0.15, 0.2) is 0 Å². The molecule has 0 aliphatic heterocycles. The van der Waals surface area contributed by atoms with Gasteiger partial charge in [-0.1, -0.05) is 31.3 Å². The van der Waals surface area contributed by atoms with Gasteiger partial charge in [-0.05, 0) is 45.4 Å². The third-order valence-electron chi connectivity index (χ3n) is 4.00. The van der Waals surface area contributed by atoms with Gasteiger partial charge in [0.05, 0.1) is 16.7 Å². The second kappa shape index (κ2) is 6.38. The van der Waals surface area contributed by atoms with Gasteiger partial charge in [0.2, 0.25) is 0 Å². The highest BCUT2D eigenvalue weighted by molar-refractivity contribution is 6.76. The van der Waals surface area contributed by atoms with E-state index in [1.54, 1.807) is 0 Å². The van der Waals surface area contributed by atoms with E-state index in [2.05, 4.69) is 45.6 Å². The summed E-state index contributed by atoms with van der Waals surface area (Å²) < 4.78 is 7.88. The fourth-order valence-electron chi connectivity index (χ4n) is 2.81. The number of hydrogen-bond donors (Lipinski definition) is 1. The number of benzene rings is 1. The summed E-state index contributed by atoms with van der Waals surface area (Å²) >= 11 is 0. The second-order valence-corrected chi connectivity index (χ2v) is 14.0. The third kappa shape index (κ3) is 4.43. The molecule has 5 heteroatoms. The molecule has 23 heavy (non-hydrogen) atoms. The highest BCUT2D eigenvalue weighted by Gasteiger charge is 2.24. The van der Waals surface area contributed by atoms with Crippen LogP contribution in [0.1, 0.15) is 30.7 Å². The molecule has 2 rings (SSSR count). The van der Waals surface area contributed by atoms with E-state index in [9.17, 15) is 0 Å². The van der Waals surface area contributed by atoms with Crippen molar-refractivity contribution >= 4 is 19.0 Å². The highest BCUT2D eigenvalue weighted by Crippen LogP contribution is 2.29. The molecule has 0 fully saturated rings. The van der Waals surface area contributed by atoms with Gasteiger partial charge in [0.25, 0.3) is 0 Å². The predicted octanol–water partition coefficient (Wildman–Crippen LogP) is 4.16. The average molecular weight is 334 g/mol. The van der Waals surface area contributed by atoms with Gasteiger partial charge < -0.3 is 10.5 Å². The van der Waals surface area contributed by atoms with E-state index in [1.807, 2.05) is 18.5 Å². The average Bonchev–Trinajstić information content (AvgIpc) is 2.72. The topological polar surface area (TPSA) is 53.1 Å². The summed E-state index contributed by atoms with van der Waals surface area (Å²) in [4.78, 5) is 0. The van der Waals surface area contributed by atoms with Crippen LogP contribution in [0.15, 0.2) is 12.1 Å². The summed E-state index contributed by atoms with van der Waals surface area (Å²) in [5.41, 5.74) is 10.4. The maximum atomic E-state index is 6.34. The summed E-state index contributed by atoms with van der Waals surface area (Å²) in [6, 6.07) is 5.53. The molecule has 0 spiro atoms. The highest BCUT2D eigenvalue weighted by atomic mass is 28.3. The molecule has 0 amide bonds. The Bertz CT molecular complexity index is 693. The number of nitrogens with two attached hydrogens (primary N) is 1. The fourth-order valence-corrected chi connectivity index (χ4v) is 3.56. The first kappa shape index (κ1) is 18.2. The fraction of sp³-hybridized carbons (Fsp3) is 0.611. The Morgan fingerprint density at radius 3 is 2.43 bits per heavy atom. The van der Waals surface area contributed by atoms with Crippen molar-refractivity contribution in [2.75, 3.05) is 6.61 Å². The molecule has 4 nitrogen and oxygen atoms in total. The molecular weight excluding hydrogens is 302 g/mol. The first-order valence-corrected chi connectivity index (χ1v) is 12.0. The van der Waals surface area contributed by atoms with E-state index in [0.717, 1.165) is 23.2 Å². The third-order valence-corrected chi connectivity index (χ3v) is 5.70. The van der Waals surface area contributed by atoms with Gasteiger partial charge in [-0.25, -0.2) is 4.68 Å². The Morgan fingerprint density at radius 2 is 1.87 bits per heavy atom. The van der Waals surface area contributed by atoms with Crippen LogP contribution in [0, 0.1) is 13.8 Å². The van der Waals surface area contributed by atoms with Crippen molar-refractivity contribution in [2.24, 2.45) is 5.73 Å². The van der Waals surface area contributed by atoms with Gasteiger partial charge in [-0.2, -0.15) is 5.10 Å². The minimum Gasteiger partial charge on any atom is -0.360 e. The van der Waals surface area contributed by atoms with Gasteiger partial charge in [0, 0.05) is 20.1 Å². The lowest BCUT2D eigenvalue weighted by Gasteiger charge is -2.16. The van der Waals surface area contributed by atoms with Crippen LogP contribution in [0.25, 0.3) is 10.9 Å². The zero-order valence-corrected chi connectivity index (χ0v) is 16.7. The lowest BCUT2D eigenvalue weighted by molar-refractivity contribution is 0.0810. The van der Waals surface area contributed by atoms with E-state index in [0.29, 0.717) is 6.73 Å². The maximum Gasteiger partial charge on any atom is 0.140 e. The first-order chi connectivity index (χ1) is 10.5. The Morgan fingerprint density at radius 1 is 1.22 bits per heavy atom. The normalized spacial score (nSPS) is 13.0. The molecule has 0 saturated carbocycles. The molecule has 0 radical (unpaired) electrons. The Kier molecular flexibility index (Phi) is 5.04.